The zero-order chi connectivity index (χ0) is 22.3. The Morgan fingerprint density at radius 2 is 1.75 bits per heavy atom. The van der Waals surface area contributed by atoms with Crippen molar-refractivity contribution in [3.63, 3.8) is 0 Å². The summed E-state index contributed by atoms with van der Waals surface area (Å²) in [6.45, 7) is 3.11. The summed E-state index contributed by atoms with van der Waals surface area (Å²) in [5.74, 6) is 1.09. The molecule has 0 saturated carbocycles. The summed E-state index contributed by atoms with van der Waals surface area (Å²) in [6.07, 6.45) is 0.823. The first kappa shape index (κ1) is 22.0. The number of benzene rings is 3. The second kappa shape index (κ2) is 10.4. The third kappa shape index (κ3) is 5.14. The highest BCUT2D eigenvalue weighted by atomic mass is 32.2. The number of carbonyl (C=O) groups excluding carboxylic acids is 2. The topological polar surface area (TPSA) is 58.6 Å². The van der Waals surface area contributed by atoms with Gasteiger partial charge in [-0.25, -0.2) is 0 Å². The van der Waals surface area contributed by atoms with Crippen LogP contribution in [0.5, 0.6) is 5.75 Å². The lowest BCUT2D eigenvalue weighted by Crippen LogP contribution is -2.30. The van der Waals surface area contributed by atoms with E-state index in [4.69, 9.17) is 4.74 Å². The molecule has 4 rings (SSSR count). The van der Waals surface area contributed by atoms with E-state index in [-0.39, 0.29) is 17.2 Å². The molecule has 0 aromatic heterocycles. The molecule has 5 nitrogen and oxygen atoms in total. The van der Waals surface area contributed by atoms with Crippen molar-refractivity contribution >= 4 is 29.3 Å². The van der Waals surface area contributed by atoms with Gasteiger partial charge in [-0.15, -0.1) is 11.8 Å². The maximum Gasteiger partial charge on any atom is 0.255 e. The van der Waals surface area contributed by atoms with Crippen LogP contribution in [0.1, 0.15) is 33.8 Å². The van der Waals surface area contributed by atoms with E-state index in [0.29, 0.717) is 35.9 Å². The molecule has 1 atom stereocenters. The van der Waals surface area contributed by atoms with Gasteiger partial charge in [0.1, 0.15) is 11.1 Å². The van der Waals surface area contributed by atoms with Crippen LogP contribution in [0, 0.1) is 0 Å². The molecule has 0 unspecified atom stereocenters. The summed E-state index contributed by atoms with van der Waals surface area (Å²) >= 11 is 1.63. The van der Waals surface area contributed by atoms with E-state index in [0.717, 1.165) is 12.0 Å². The van der Waals surface area contributed by atoms with Crippen molar-refractivity contribution in [3.05, 3.63) is 95.6 Å². The summed E-state index contributed by atoms with van der Waals surface area (Å²) in [5.41, 5.74) is 3.45. The number of para-hydroxylation sites is 2. The number of amides is 2. The van der Waals surface area contributed by atoms with Gasteiger partial charge in [0.15, 0.2) is 0 Å². The van der Waals surface area contributed by atoms with Crippen LogP contribution in [0.4, 0.5) is 5.69 Å². The van der Waals surface area contributed by atoms with Crippen LogP contribution in [0.3, 0.4) is 0 Å². The zero-order valence-corrected chi connectivity index (χ0v) is 18.8. The molecule has 2 amide bonds. The lowest BCUT2D eigenvalue weighted by Gasteiger charge is -2.24. The van der Waals surface area contributed by atoms with Crippen molar-refractivity contribution in [1.29, 1.82) is 0 Å². The molecule has 1 fully saturated rings. The van der Waals surface area contributed by atoms with Crippen LogP contribution in [-0.2, 0) is 11.2 Å². The fourth-order valence-electron chi connectivity index (χ4n) is 3.71. The van der Waals surface area contributed by atoms with Crippen molar-refractivity contribution < 1.29 is 14.3 Å². The van der Waals surface area contributed by atoms with Gasteiger partial charge < -0.3 is 15.0 Å². The average Bonchev–Trinajstić information content (AvgIpc) is 3.20. The number of carbonyl (C=O) groups is 2. The number of nitrogens with one attached hydrogen (secondary N) is 1. The van der Waals surface area contributed by atoms with Gasteiger partial charge in [0.2, 0.25) is 5.91 Å². The lowest BCUT2D eigenvalue weighted by atomic mass is 10.1. The standard InChI is InChI=1S/C26H26N2O3S/c1-2-31-23-11-7-6-10-22(23)27-25(30)20-12-14-21(15-13-20)26-28(24(29)18-32-26)17-16-19-8-4-3-5-9-19/h3-15,26H,2,16-18H2,1H3,(H,27,30)/t26-/m1/s1. The third-order valence-corrected chi connectivity index (χ3v) is 6.60. The summed E-state index contributed by atoms with van der Waals surface area (Å²) < 4.78 is 5.58. The van der Waals surface area contributed by atoms with Gasteiger partial charge in [-0.2, -0.15) is 0 Å². The average molecular weight is 447 g/mol. The highest BCUT2D eigenvalue weighted by Crippen LogP contribution is 2.38. The molecule has 1 aliphatic heterocycles. The van der Waals surface area contributed by atoms with Crippen LogP contribution in [0.15, 0.2) is 78.9 Å². The molecule has 164 valence electrons. The van der Waals surface area contributed by atoms with Gasteiger partial charge >= 0.3 is 0 Å². The summed E-state index contributed by atoms with van der Waals surface area (Å²) in [6, 6.07) is 25.1. The van der Waals surface area contributed by atoms with Crippen molar-refractivity contribution in [2.75, 3.05) is 24.2 Å². The number of rotatable bonds is 8. The van der Waals surface area contributed by atoms with Gasteiger partial charge in [-0.05, 0) is 48.7 Å². The number of hydrogen-bond acceptors (Lipinski definition) is 4. The molecule has 3 aromatic rings. The van der Waals surface area contributed by atoms with E-state index in [2.05, 4.69) is 17.4 Å². The first-order valence-electron chi connectivity index (χ1n) is 10.7. The summed E-state index contributed by atoms with van der Waals surface area (Å²) in [5, 5.41) is 2.90. The molecule has 0 spiro atoms. The Balaban J connectivity index is 1.43. The van der Waals surface area contributed by atoms with E-state index >= 15 is 0 Å². The molecule has 6 heteroatoms. The second-order valence-corrected chi connectivity index (χ2v) is 8.56. The Kier molecular flexibility index (Phi) is 7.12. The van der Waals surface area contributed by atoms with E-state index in [1.54, 1.807) is 11.8 Å². The Morgan fingerprint density at radius 1 is 1.03 bits per heavy atom. The number of hydrogen-bond donors (Lipinski definition) is 1. The normalized spacial score (nSPS) is 15.6. The monoisotopic (exact) mass is 446 g/mol. The predicted molar refractivity (Wildman–Crippen MR) is 129 cm³/mol. The first-order valence-corrected chi connectivity index (χ1v) is 11.8. The fourth-order valence-corrected chi connectivity index (χ4v) is 4.93. The minimum absolute atomic E-state index is 0.0259. The van der Waals surface area contributed by atoms with E-state index in [9.17, 15) is 9.59 Å². The third-order valence-electron chi connectivity index (χ3n) is 5.35. The largest absolute Gasteiger partial charge is 0.492 e. The number of thioether (sulfide) groups is 1. The Labute approximate surface area is 192 Å². The molecule has 1 saturated heterocycles. The molecular weight excluding hydrogens is 420 g/mol. The fraction of sp³-hybridized carbons (Fsp3) is 0.231. The van der Waals surface area contributed by atoms with E-state index in [1.165, 1.54) is 5.56 Å². The molecule has 0 radical (unpaired) electrons. The Hall–Kier alpha value is -3.25. The van der Waals surface area contributed by atoms with E-state index < -0.39 is 0 Å². The number of ether oxygens (including phenoxy) is 1. The van der Waals surface area contributed by atoms with Crippen molar-refractivity contribution in [2.45, 2.75) is 18.7 Å². The highest BCUT2D eigenvalue weighted by Gasteiger charge is 2.32. The summed E-state index contributed by atoms with van der Waals surface area (Å²) in [7, 11) is 0. The summed E-state index contributed by atoms with van der Waals surface area (Å²) in [4.78, 5) is 27.2. The predicted octanol–water partition coefficient (Wildman–Crippen LogP) is 5.15. The van der Waals surface area contributed by atoms with Crippen LogP contribution in [0.25, 0.3) is 0 Å². The van der Waals surface area contributed by atoms with Crippen LogP contribution in [0.2, 0.25) is 0 Å². The Bertz CT molecular complexity index is 1070. The second-order valence-electron chi connectivity index (χ2n) is 7.49. The van der Waals surface area contributed by atoms with E-state index in [1.807, 2.05) is 78.6 Å². The van der Waals surface area contributed by atoms with Gasteiger partial charge in [-0.3, -0.25) is 9.59 Å². The number of nitrogens with zero attached hydrogens (tertiary/aromatic N) is 1. The van der Waals surface area contributed by atoms with Gasteiger partial charge in [0, 0.05) is 12.1 Å². The van der Waals surface area contributed by atoms with Crippen LogP contribution >= 0.6 is 11.8 Å². The van der Waals surface area contributed by atoms with Crippen LogP contribution < -0.4 is 10.1 Å². The zero-order valence-electron chi connectivity index (χ0n) is 18.0. The maximum atomic E-state index is 12.7. The minimum Gasteiger partial charge on any atom is -0.492 e. The van der Waals surface area contributed by atoms with Crippen molar-refractivity contribution in [1.82, 2.24) is 4.90 Å². The molecule has 1 N–H and O–H groups in total. The van der Waals surface area contributed by atoms with Crippen molar-refractivity contribution in [3.8, 4) is 5.75 Å². The molecule has 1 aliphatic rings. The molecule has 3 aromatic carbocycles. The molecule has 1 heterocycles. The van der Waals surface area contributed by atoms with Gasteiger partial charge in [0.25, 0.3) is 5.91 Å². The molecule has 0 aliphatic carbocycles. The molecule has 0 bridgehead atoms. The first-order chi connectivity index (χ1) is 15.7. The minimum atomic E-state index is -0.195. The van der Waals surface area contributed by atoms with Gasteiger partial charge in [-0.1, -0.05) is 54.6 Å². The maximum absolute atomic E-state index is 12.7. The van der Waals surface area contributed by atoms with Crippen LogP contribution in [-0.4, -0.2) is 35.6 Å². The number of anilines is 1. The SMILES string of the molecule is CCOc1ccccc1NC(=O)c1ccc([C@H]2SCC(=O)N2CCc2ccccc2)cc1. The molecule has 32 heavy (non-hydrogen) atoms. The highest BCUT2D eigenvalue weighted by molar-refractivity contribution is 8.00. The Morgan fingerprint density at radius 3 is 2.50 bits per heavy atom. The lowest BCUT2D eigenvalue weighted by molar-refractivity contribution is -0.128. The quantitative estimate of drug-likeness (QED) is 0.520. The smallest absolute Gasteiger partial charge is 0.255 e. The van der Waals surface area contributed by atoms with Gasteiger partial charge in [0.05, 0.1) is 18.0 Å². The van der Waals surface area contributed by atoms with Crippen molar-refractivity contribution in [2.24, 2.45) is 0 Å². The molecular formula is C26H26N2O3S.